The van der Waals surface area contributed by atoms with Crippen molar-refractivity contribution in [3.63, 3.8) is 0 Å². The zero-order valence-corrected chi connectivity index (χ0v) is 8.82. The molecule has 2 aliphatic heterocycles. The SMILES string of the molecule is OC1CCCc2nc(C3CCNC3)cn21. The first-order valence-corrected chi connectivity index (χ1v) is 5.81. The van der Waals surface area contributed by atoms with Gasteiger partial charge in [-0.3, -0.25) is 0 Å². The van der Waals surface area contributed by atoms with Gasteiger partial charge in [0.2, 0.25) is 0 Å². The molecule has 4 nitrogen and oxygen atoms in total. The predicted octanol–water partition coefficient (Wildman–Crippen LogP) is 0.787. The normalized spacial score (nSPS) is 30.5. The number of hydrogen-bond acceptors (Lipinski definition) is 3. The van der Waals surface area contributed by atoms with Crippen molar-refractivity contribution in [1.29, 1.82) is 0 Å². The number of aromatic nitrogens is 2. The molecular weight excluding hydrogens is 190 g/mol. The van der Waals surface area contributed by atoms with Gasteiger partial charge < -0.3 is 15.0 Å². The van der Waals surface area contributed by atoms with Gasteiger partial charge in [0, 0.05) is 25.1 Å². The minimum atomic E-state index is -0.343. The van der Waals surface area contributed by atoms with Crippen molar-refractivity contribution in [3.05, 3.63) is 17.7 Å². The topological polar surface area (TPSA) is 50.1 Å². The van der Waals surface area contributed by atoms with Crippen LogP contribution in [0, 0.1) is 0 Å². The fraction of sp³-hybridized carbons (Fsp3) is 0.727. The quantitative estimate of drug-likeness (QED) is 0.715. The molecule has 2 unspecified atom stereocenters. The summed E-state index contributed by atoms with van der Waals surface area (Å²) in [7, 11) is 0. The third-order valence-electron chi connectivity index (χ3n) is 3.49. The molecular formula is C11H17N3O. The fourth-order valence-corrected chi connectivity index (χ4v) is 2.58. The zero-order chi connectivity index (χ0) is 10.3. The molecule has 1 saturated heterocycles. The fourth-order valence-electron chi connectivity index (χ4n) is 2.58. The number of aliphatic hydroxyl groups is 1. The van der Waals surface area contributed by atoms with E-state index in [4.69, 9.17) is 0 Å². The van der Waals surface area contributed by atoms with Crippen molar-refractivity contribution in [2.24, 2.45) is 0 Å². The second kappa shape index (κ2) is 3.61. The third-order valence-corrected chi connectivity index (χ3v) is 3.49. The summed E-state index contributed by atoms with van der Waals surface area (Å²) in [6.45, 7) is 2.13. The van der Waals surface area contributed by atoms with Crippen molar-refractivity contribution in [2.45, 2.75) is 37.8 Å². The van der Waals surface area contributed by atoms with Gasteiger partial charge in [-0.15, -0.1) is 0 Å². The number of rotatable bonds is 1. The molecule has 0 spiro atoms. The molecule has 0 amide bonds. The largest absolute Gasteiger partial charge is 0.373 e. The maximum absolute atomic E-state index is 9.82. The molecule has 2 atom stereocenters. The van der Waals surface area contributed by atoms with Crippen LogP contribution < -0.4 is 5.32 Å². The molecule has 0 radical (unpaired) electrons. The van der Waals surface area contributed by atoms with E-state index in [0.29, 0.717) is 5.92 Å². The molecule has 1 aromatic rings. The third kappa shape index (κ3) is 1.58. The van der Waals surface area contributed by atoms with Crippen LogP contribution in [0.1, 0.15) is 42.9 Å². The van der Waals surface area contributed by atoms with Crippen molar-refractivity contribution < 1.29 is 5.11 Å². The first-order chi connectivity index (χ1) is 7.34. The number of nitrogens with zero attached hydrogens (tertiary/aromatic N) is 2. The number of nitrogens with one attached hydrogen (secondary N) is 1. The second-order valence-corrected chi connectivity index (χ2v) is 4.55. The van der Waals surface area contributed by atoms with Crippen LogP contribution in [0.3, 0.4) is 0 Å². The lowest BCUT2D eigenvalue weighted by atomic mass is 10.1. The van der Waals surface area contributed by atoms with Gasteiger partial charge in [0.1, 0.15) is 12.1 Å². The number of imidazole rings is 1. The second-order valence-electron chi connectivity index (χ2n) is 4.55. The highest BCUT2D eigenvalue weighted by Gasteiger charge is 2.24. The van der Waals surface area contributed by atoms with Crippen molar-refractivity contribution >= 4 is 0 Å². The van der Waals surface area contributed by atoms with Crippen molar-refractivity contribution in [1.82, 2.24) is 14.9 Å². The Kier molecular flexibility index (Phi) is 2.25. The molecule has 1 aromatic heterocycles. The minimum Gasteiger partial charge on any atom is -0.373 e. The van der Waals surface area contributed by atoms with E-state index in [0.717, 1.165) is 43.9 Å². The molecule has 0 bridgehead atoms. The molecule has 3 heterocycles. The Bertz CT molecular complexity index is 355. The van der Waals surface area contributed by atoms with E-state index in [-0.39, 0.29) is 6.23 Å². The summed E-state index contributed by atoms with van der Waals surface area (Å²) >= 11 is 0. The summed E-state index contributed by atoms with van der Waals surface area (Å²) in [4.78, 5) is 4.65. The molecule has 2 aliphatic rings. The smallest absolute Gasteiger partial charge is 0.131 e. The van der Waals surface area contributed by atoms with Gasteiger partial charge in [-0.05, 0) is 25.8 Å². The van der Waals surface area contributed by atoms with E-state index in [1.807, 2.05) is 4.57 Å². The van der Waals surface area contributed by atoms with Gasteiger partial charge in [-0.25, -0.2) is 4.98 Å². The Morgan fingerprint density at radius 1 is 1.47 bits per heavy atom. The average molecular weight is 207 g/mol. The van der Waals surface area contributed by atoms with Gasteiger partial charge in [0.15, 0.2) is 0 Å². The highest BCUT2D eigenvalue weighted by Crippen LogP contribution is 2.27. The average Bonchev–Trinajstić information content (AvgIpc) is 2.86. The standard InChI is InChI=1S/C11H17N3O/c15-11-3-1-2-10-13-9(7-14(10)11)8-4-5-12-6-8/h7-8,11-12,15H,1-6H2. The molecule has 82 valence electrons. The van der Waals surface area contributed by atoms with E-state index in [1.165, 1.54) is 6.42 Å². The highest BCUT2D eigenvalue weighted by atomic mass is 16.3. The Morgan fingerprint density at radius 2 is 2.40 bits per heavy atom. The van der Waals surface area contributed by atoms with Crippen LogP contribution in [0.15, 0.2) is 6.20 Å². The van der Waals surface area contributed by atoms with Gasteiger partial charge >= 0.3 is 0 Å². The van der Waals surface area contributed by atoms with Crippen molar-refractivity contribution in [2.75, 3.05) is 13.1 Å². The van der Waals surface area contributed by atoms with Crippen LogP contribution in [-0.4, -0.2) is 27.7 Å². The Balaban J connectivity index is 1.90. The molecule has 2 N–H and O–H groups in total. The van der Waals surface area contributed by atoms with E-state index in [1.54, 1.807) is 0 Å². The lowest BCUT2D eigenvalue weighted by molar-refractivity contribution is 0.0780. The Hall–Kier alpha value is -0.870. The van der Waals surface area contributed by atoms with E-state index < -0.39 is 0 Å². The number of aliphatic hydroxyl groups excluding tert-OH is 1. The number of fused-ring (bicyclic) bond motifs is 1. The summed E-state index contributed by atoms with van der Waals surface area (Å²) in [6.07, 6.45) is 5.82. The van der Waals surface area contributed by atoms with E-state index in [9.17, 15) is 5.11 Å². The van der Waals surface area contributed by atoms with E-state index in [2.05, 4.69) is 16.5 Å². The van der Waals surface area contributed by atoms with Crippen LogP contribution in [0.4, 0.5) is 0 Å². The predicted molar refractivity (Wildman–Crippen MR) is 56.6 cm³/mol. The number of hydrogen-bond donors (Lipinski definition) is 2. The Labute approximate surface area is 89.3 Å². The summed E-state index contributed by atoms with van der Waals surface area (Å²) in [5, 5.41) is 13.2. The van der Waals surface area contributed by atoms with E-state index >= 15 is 0 Å². The van der Waals surface area contributed by atoms with Crippen molar-refractivity contribution in [3.8, 4) is 0 Å². The maximum atomic E-state index is 9.82. The van der Waals surface area contributed by atoms with Crippen LogP contribution in [0.25, 0.3) is 0 Å². The highest BCUT2D eigenvalue weighted by molar-refractivity contribution is 5.13. The monoisotopic (exact) mass is 207 g/mol. The lowest BCUT2D eigenvalue weighted by Gasteiger charge is -2.19. The molecule has 15 heavy (non-hydrogen) atoms. The summed E-state index contributed by atoms with van der Waals surface area (Å²) in [5.74, 6) is 1.62. The van der Waals surface area contributed by atoms with Crippen LogP contribution in [0.2, 0.25) is 0 Å². The molecule has 0 aromatic carbocycles. The van der Waals surface area contributed by atoms with Gasteiger partial charge in [-0.2, -0.15) is 0 Å². The summed E-state index contributed by atoms with van der Waals surface area (Å²) < 4.78 is 1.96. The Morgan fingerprint density at radius 3 is 3.13 bits per heavy atom. The van der Waals surface area contributed by atoms with Crippen LogP contribution in [0.5, 0.6) is 0 Å². The molecule has 0 aliphatic carbocycles. The molecule has 0 saturated carbocycles. The molecule has 3 rings (SSSR count). The van der Waals surface area contributed by atoms with Crippen LogP contribution in [-0.2, 0) is 6.42 Å². The zero-order valence-electron chi connectivity index (χ0n) is 8.82. The first-order valence-electron chi connectivity index (χ1n) is 5.81. The van der Waals surface area contributed by atoms with Gasteiger partial charge in [0.25, 0.3) is 0 Å². The summed E-state index contributed by atoms with van der Waals surface area (Å²) in [5.41, 5.74) is 1.16. The van der Waals surface area contributed by atoms with Gasteiger partial charge in [-0.1, -0.05) is 0 Å². The lowest BCUT2D eigenvalue weighted by Crippen LogP contribution is -2.16. The molecule has 4 heteroatoms. The minimum absolute atomic E-state index is 0.343. The summed E-state index contributed by atoms with van der Waals surface area (Å²) in [6, 6.07) is 0. The molecule has 1 fully saturated rings. The van der Waals surface area contributed by atoms with Gasteiger partial charge in [0.05, 0.1) is 5.69 Å². The first kappa shape index (κ1) is 9.36. The maximum Gasteiger partial charge on any atom is 0.131 e. The number of aryl methyl sites for hydroxylation is 1. The van der Waals surface area contributed by atoms with Crippen LogP contribution >= 0.6 is 0 Å².